The minimum Gasteiger partial charge on any atom is -0.509 e. The first-order valence-electron chi connectivity index (χ1n) is 6.51. The molecule has 1 rings (SSSR count). The van der Waals surface area contributed by atoms with Crippen LogP contribution in [-0.4, -0.2) is 25.2 Å². The molecule has 2 N–H and O–H groups in total. The van der Waals surface area contributed by atoms with E-state index in [4.69, 9.17) is 4.74 Å². The van der Waals surface area contributed by atoms with E-state index in [0.717, 1.165) is 0 Å². The molecule has 0 fully saturated rings. The molecular weight excluding hydrogens is 270 g/mol. The lowest BCUT2D eigenvalue weighted by Gasteiger charge is -2.18. The average molecular weight is 291 g/mol. The van der Waals surface area contributed by atoms with Crippen LogP contribution < -0.4 is 10.1 Å². The van der Waals surface area contributed by atoms with Gasteiger partial charge < -0.3 is 15.2 Å². The molecule has 0 saturated carbocycles. The Morgan fingerprint density at radius 1 is 1.24 bits per heavy atom. The van der Waals surface area contributed by atoms with Gasteiger partial charge in [0.05, 0.1) is 12.8 Å². The fourth-order valence-electron chi connectivity index (χ4n) is 1.43. The summed E-state index contributed by atoms with van der Waals surface area (Å²) in [4.78, 5) is 11.8. The zero-order chi connectivity index (χ0) is 16.0. The molecule has 0 aliphatic heterocycles. The molecule has 1 aromatic rings. The Morgan fingerprint density at radius 2 is 1.81 bits per heavy atom. The molecule has 0 spiro atoms. The number of hydrogen-bond acceptors (Lipinski definition) is 5. The first-order valence-corrected chi connectivity index (χ1v) is 6.51. The third-order valence-electron chi connectivity index (χ3n) is 2.71. The fourth-order valence-corrected chi connectivity index (χ4v) is 1.43. The Labute approximate surface area is 124 Å². The summed E-state index contributed by atoms with van der Waals surface area (Å²) in [5.74, 6) is 0.104. The molecular formula is C15H21N3O3. The molecule has 0 aliphatic rings. The number of rotatable bonds is 4. The quantitative estimate of drug-likeness (QED) is 0.507. The van der Waals surface area contributed by atoms with Crippen LogP contribution in [-0.2, 0) is 4.79 Å². The number of hydrogen-bond donors (Lipinski definition) is 2. The highest BCUT2D eigenvalue weighted by Crippen LogP contribution is 2.27. The number of nitrogens with one attached hydrogen (secondary N) is 1. The highest BCUT2D eigenvalue weighted by Gasteiger charge is 2.24. The summed E-state index contributed by atoms with van der Waals surface area (Å²) in [7, 11) is 3.05. The van der Waals surface area contributed by atoms with E-state index in [2.05, 4.69) is 15.5 Å². The van der Waals surface area contributed by atoms with E-state index in [0.29, 0.717) is 11.4 Å². The number of nitrogens with zero attached hydrogens (tertiary/aromatic N) is 2. The molecule has 1 amide bonds. The predicted octanol–water partition coefficient (Wildman–Crippen LogP) is 3.34. The lowest BCUT2D eigenvalue weighted by molar-refractivity contribution is -0.117. The fraction of sp³-hybridized carbons (Fsp3) is 0.400. The molecule has 0 bridgehead atoms. The normalized spacial score (nSPS) is 13.0. The molecule has 0 atom stereocenters. The van der Waals surface area contributed by atoms with Gasteiger partial charge in [-0.2, -0.15) is 5.11 Å². The maximum atomic E-state index is 11.8. The van der Waals surface area contributed by atoms with Crippen LogP contribution >= 0.6 is 0 Å². The molecule has 0 unspecified atom stereocenters. The number of aliphatic hydroxyl groups is 1. The third-order valence-corrected chi connectivity index (χ3v) is 2.71. The average Bonchev–Trinajstić information content (AvgIpc) is 2.46. The largest absolute Gasteiger partial charge is 0.509 e. The van der Waals surface area contributed by atoms with Crippen molar-refractivity contribution in [2.75, 3.05) is 14.2 Å². The number of allylic oxidation sites excluding steroid dienone is 1. The molecule has 114 valence electrons. The monoisotopic (exact) mass is 291 g/mol. The van der Waals surface area contributed by atoms with E-state index >= 15 is 0 Å². The van der Waals surface area contributed by atoms with E-state index in [-0.39, 0.29) is 11.5 Å². The second-order valence-corrected chi connectivity index (χ2v) is 5.42. The Morgan fingerprint density at radius 3 is 2.24 bits per heavy atom. The summed E-state index contributed by atoms with van der Waals surface area (Å²) in [6, 6.07) is 6.89. The number of carbonyl (C=O) groups is 1. The zero-order valence-corrected chi connectivity index (χ0v) is 13.0. The molecule has 0 aliphatic carbocycles. The van der Waals surface area contributed by atoms with Gasteiger partial charge >= 0.3 is 0 Å². The number of amides is 1. The summed E-state index contributed by atoms with van der Waals surface area (Å²) in [6.07, 6.45) is 0. The summed E-state index contributed by atoms with van der Waals surface area (Å²) < 4.78 is 5.05. The van der Waals surface area contributed by atoms with E-state index in [9.17, 15) is 9.90 Å². The van der Waals surface area contributed by atoms with Crippen molar-refractivity contribution in [1.82, 2.24) is 5.32 Å². The minimum absolute atomic E-state index is 0.0965. The summed E-state index contributed by atoms with van der Waals surface area (Å²) in [5.41, 5.74) is -0.138. The van der Waals surface area contributed by atoms with Crippen molar-refractivity contribution < 1.29 is 14.6 Å². The Hall–Kier alpha value is -2.37. The highest BCUT2D eigenvalue weighted by atomic mass is 16.5. The number of ether oxygens (including phenoxy) is 1. The SMILES string of the molecule is CNC(=O)/C(N=Nc1ccc(OC)cc1)=C(/O)C(C)(C)C. The van der Waals surface area contributed by atoms with Crippen molar-refractivity contribution >= 4 is 11.6 Å². The van der Waals surface area contributed by atoms with Crippen LogP contribution in [0.25, 0.3) is 0 Å². The molecule has 6 nitrogen and oxygen atoms in total. The molecule has 0 saturated heterocycles. The second-order valence-electron chi connectivity index (χ2n) is 5.42. The number of methoxy groups -OCH3 is 1. The van der Waals surface area contributed by atoms with Crippen LogP contribution in [0.1, 0.15) is 20.8 Å². The van der Waals surface area contributed by atoms with E-state index in [1.54, 1.807) is 52.1 Å². The van der Waals surface area contributed by atoms with Crippen molar-refractivity contribution in [3.05, 3.63) is 35.7 Å². The maximum Gasteiger partial charge on any atom is 0.275 e. The summed E-state index contributed by atoms with van der Waals surface area (Å²) in [5, 5.41) is 20.5. The summed E-state index contributed by atoms with van der Waals surface area (Å²) in [6.45, 7) is 5.36. The van der Waals surface area contributed by atoms with Crippen molar-refractivity contribution in [1.29, 1.82) is 0 Å². The van der Waals surface area contributed by atoms with Crippen LogP contribution in [0.3, 0.4) is 0 Å². The van der Waals surface area contributed by atoms with E-state index < -0.39 is 11.3 Å². The van der Waals surface area contributed by atoms with Gasteiger partial charge in [0.1, 0.15) is 11.5 Å². The Bertz CT molecular complexity index is 555. The zero-order valence-electron chi connectivity index (χ0n) is 13.0. The third kappa shape index (κ3) is 4.59. The summed E-state index contributed by atoms with van der Waals surface area (Å²) >= 11 is 0. The Kier molecular flexibility index (Phi) is 5.46. The molecule has 0 heterocycles. The van der Waals surface area contributed by atoms with Gasteiger partial charge in [0.25, 0.3) is 5.91 Å². The van der Waals surface area contributed by atoms with E-state index in [1.807, 2.05) is 0 Å². The molecule has 0 aromatic heterocycles. The lowest BCUT2D eigenvalue weighted by atomic mass is 9.92. The van der Waals surface area contributed by atoms with Gasteiger partial charge in [-0.15, -0.1) is 5.11 Å². The van der Waals surface area contributed by atoms with Gasteiger partial charge in [-0.05, 0) is 24.3 Å². The van der Waals surface area contributed by atoms with Gasteiger partial charge in [0, 0.05) is 12.5 Å². The van der Waals surface area contributed by atoms with Crippen LogP contribution in [0.15, 0.2) is 46.0 Å². The van der Waals surface area contributed by atoms with Crippen molar-refractivity contribution in [2.45, 2.75) is 20.8 Å². The van der Waals surface area contributed by atoms with Crippen LogP contribution in [0, 0.1) is 5.41 Å². The Balaban J connectivity index is 3.12. The topological polar surface area (TPSA) is 83.3 Å². The molecule has 21 heavy (non-hydrogen) atoms. The minimum atomic E-state index is -0.596. The van der Waals surface area contributed by atoms with Crippen LogP contribution in [0.2, 0.25) is 0 Å². The number of aliphatic hydroxyl groups excluding tert-OH is 1. The second kappa shape index (κ2) is 6.88. The molecule has 1 aromatic carbocycles. The standard InChI is InChI=1S/C15H21N3O3/c1-15(2,3)13(19)12(14(20)16-4)18-17-10-6-8-11(21-5)9-7-10/h6-9,19H,1-5H3,(H,16,20)/b13-12-,18-17?. The number of benzene rings is 1. The van der Waals surface area contributed by atoms with Crippen molar-refractivity contribution in [2.24, 2.45) is 15.6 Å². The van der Waals surface area contributed by atoms with Crippen molar-refractivity contribution in [3.63, 3.8) is 0 Å². The first kappa shape index (κ1) is 16.7. The molecule has 6 heteroatoms. The number of carbonyl (C=O) groups excluding carboxylic acids is 1. The lowest BCUT2D eigenvalue weighted by Crippen LogP contribution is -2.23. The van der Waals surface area contributed by atoms with Gasteiger partial charge in [0.2, 0.25) is 0 Å². The first-order chi connectivity index (χ1) is 9.79. The van der Waals surface area contributed by atoms with Crippen molar-refractivity contribution in [3.8, 4) is 5.75 Å². The van der Waals surface area contributed by atoms with Crippen LogP contribution in [0.5, 0.6) is 5.75 Å². The predicted molar refractivity (Wildman–Crippen MR) is 80.7 cm³/mol. The number of likely N-dealkylation sites (N-methyl/N-ethyl adjacent to an activating group) is 1. The van der Waals surface area contributed by atoms with Gasteiger partial charge in [-0.1, -0.05) is 20.8 Å². The highest BCUT2D eigenvalue weighted by molar-refractivity contribution is 5.93. The van der Waals surface area contributed by atoms with E-state index in [1.165, 1.54) is 7.05 Å². The number of azo groups is 1. The maximum absolute atomic E-state index is 11.8. The molecule has 0 radical (unpaired) electrons. The van der Waals surface area contributed by atoms with Gasteiger partial charge in [-0.3, -0.25) is 4.79 Å². The van der Waals surface area contributed by atoms with Gasteiger partial charge in [-0.25, -0.2) is 0 Å². The van der Waals surface area contributed by atoms with Crippen LogP contribution in [0.4, 0.5) is 5.69 Å². The smallest absolute Gasteiger partial charge is 0.275 e. The van der Waals surface area contributed by atoms with Gasteiger partial charge in [0.15, 0.2) is 5.70 Å².